The molecule has 84 valence electrons. The summed E-state index contributed by atoms with van der Waals surface area (Å²) in [5, 5.41) is 5.13. The first kappa shape index (κ1) is 10.3. The predicted molar refractivity (Wildman–Crippen MR) is 72.5 cm³/mol. The number of rotatable bonds is 2. The zero-order chi connectivity index (χ0) is 11.7. The highest BCUT2D eigenvalue weighted by Crippen LogP contribution is 2.26. The summed E-state index contributed by atoms with van der Waals surface area (Å²) in [4.78, 5) is 0. The molecule has 0 heterocycles. The first-order valence-electron chi connectivity index (χ1n) is 5.72. The fraction of sp³-hybridized carbons (Fsp3) is 0.0667. The van der Waals surface area contributed by atoms with Crippen LogP contribution in [0, 0.1) is 0 Å². The van der Waals surface area contributed by atoms with E-state index < -0.39 is 0 Å². The first-order chi connectivity index (χ1) is 8.38. The Balaban J connectivity index is 2.34. The monoisotopic (exact) mass is 222 g/mol. The van der Waals surface area contributed by atoms with Crippen LogP contribution in [0.15, 0.2) is 54.6 Å². The summed E-state index contributed by atoms with van der Waals surface area (Å²) in [5.41, 5.74) is 3.90. The second kappa shape index (κ2) is 4.17. The SMILES string of the molecule is NNCc1ccc2ccc3ccccc3c2c1. The first-order valence-corrected chi connectivity index (χ1v) is 5.72. The van der Waals surface area contributed by atoms with E-state index >= 15 is 0 Å². The second-order valence-corrected chi connectivity index (χ2v) is 4.22. The van der Waals surface area contributed by atoms with Gasteiger partial charge in [0.1, 0.15) is 0 Å². The van der Waals surface area contributed by atoms with Gasteiger partial charge in [-0.3, -0.25) is 11.3 Å². The molecule has 0 aliphatic rings. The minimum atomic E-state index is 0.694. The molecule has 0 radical (unpaired) electrons. The topological polar surface area (TPSA) is 38.0 Å². The smallest absolute Gasteiger partial charge is 0.0348 e. The van der Waals surface area contributed by atoms with Crippen LogP contribution in [0.2, 0.25) is 0 Å². The lowest BCUT2D eigenvalue weighted by Crippen LogP contribution is -2.20. The van der Waals surface area contributed by atoms with Gasteiger partial charge in [-0.1, -0.05) is 48.5 Å². The van der Waals surface area contributed by atoms with Gasteiger partial charge in [0.2, 0.25) is 0 Å². The van der Waals surface area contributed by atoms with Crippen molar-refractivity contribution in [2.75, 3.05) is 0 Å². The Morgan fingerprint density at radius 2 is 1.53 bits per heavy atom. The van der Waals surface area contributed by atoms with Gasteiger partial charge in [0.25, 0.3) is 0 Å². The zero-order valence-electron chi connectivity index (χ0n) is 9.48. The molecule has 0 unspecified atom stereocenters. The fourth-order valence-corrected chi connectivity index (χ4v) is 2.28. The van der Waals surface area contributed by atoms with Gasteiger partial charge in [0, 0.05) is 6.54 Å². The summed E-state index contributed by atoms with van der Waals surface area (Å²) in [6, 6.07) is 19.2. The van der Waals surface area contributed by atoms with Gasteiger partial charge >= 0.3 is 0 Å². The highest BCUT2D eigenvalue weighted by molar-refractivity contribution is 6.07. The number of nitrogens with one attached hydrogen (secondary N) is 1. The molecule has 0 amide bonds. The standard InChI is InChI=1S/C15H14N2/c16-17-10-11-5-6-13-8-7-12-3-1-2-4-14(12)15(13)9-11/h1-9,17H,10,16H2. The molecule has 2 heteroatoms. The highest BCUT2D eigenvalue weighted by atomic mass is 15.2. The van der Waals surface area contributed by atoms with E-state index in [0.29, 0.717) is 6.54 Å². The quantitative estimate of drug-likeness (QED) is 0.397. The van der Waals surface area contributed by atoms with Crippen LogP contribution in [0.1, 0.15) is 5.56 Å². The molecule has 0 aliphatic carbocycles. The maximum Gasteiger partial charge on any atom is 0.0348 e. The van der Waals surface area contributed by atoms with Crippen molar-refractivity contribution in [1.29, 1.82) is 0 Å². The van der Waals surface area contributed by atoms with Gasteiger partial charge in [-0.05, 0) is 33.2 Å². The van der Waals surface area contributed by atoms with Crippen LogP contribution < -0.4 is 11.3 Å². The molecule has 17 heavy (non-hydrogen) atoms. The summed E-state index contributed by atoms with van der Waals surface area (Å²) in [6.45, 7) is 0.694. The minimum absolute atomic E-state index is 0.694. The number of fused-ring (bicyclic) bond motifs is 3. The Kier molecular flexibility index (Phi) is 2.52. The number of benzene rings is 3. The third-order valence-corrected chi connectivity index (χ3v) is 3.12. The van der Waals surface area contributed by atoms with Crippen molar-refractivity contribution in [3.63, 3.8) is 0 Å². The van der Waals surface area contributed by atoms with Crippen molar-refractivity contribution in [2.45, 2.75) is 6.54 Å². The largest absolute Gasteiger partial charge is 0.271 e. The molecule has 0 saturated carbocycles. The molecule has 3 aromatic carbocycles. The van der Waals surface area contributed by atoms with Crippen LogP contribution in [0.4, 0.5) is 0 Å². The molecule has 0 bridgehead atoms. The van der Waals surface area contributed by atoms with Crippen LogP contribution in [-0.2, 0) is 6.54 Å². The maximum atomic E-state index is 5.37. The molecular formula is C15H14N2. The van der Waals surface area contributed by atoms with E-state index in [0.717, 1.165) is 0 Å². The lowest BCUT2D eigenvalue weighted by Gasteiger charge is -2.06. The Hall–Kier alpha value is -1.90. The van der Waals surface area contributed by atoms with Gasteiger partial charge in [-0.15, -0.1) is 0 Å². The lowest BCUT2D eigenvalue weighted by molar-refractivity contribution is 0.742. The van der Waals surface area contributed by atoms with Crippen LogP contribution in [0.5, 0.6) is 0 Å². The average molecular weight is 222 g/mol. The summed E-state index contributed by atoms with van der Waals surface area (Å²) in [6.07, 6.45) is 0. The van der Waals surface area contributed by atoms with E-state index in [1.165, 1.54) is 27.1 Å². The van der Waals surface area contributed by atoms with Gasteiger partial charge in [-0.25, -0.2) is 0 Å². The maximum absolute atomic E-state index is 5.37. The van der Waals surface area contributed by atoms with E-state index in [4.69, 9.17) is 5.84 Å². The van der Waals surface area contributed by atoms with Crippen LogP contribution in [0.3, 0.4) is 0 Å². The van der Waals surface area contributed by atoms with Crippen molar-refractivity contribution in [3.05, 3.63) is 60.2 Å². The Bertz CT molecular complexity index is 674. The summed E-state index contributed by atoms with van der Waals surface area (Å²) in [5.74, 6) is 5.37. The van der Waals surface area contributed by atoms with Crippen LogP contribution >= 0.6 is 0 Å². The van der Waals surface area contributed by atoms with Crippen molar-refractivity contribution < 1.29 is 0 Å². The molecule has 3 N–H and O–H groups in total. The van der Waals surface area contributed by atoms with E-state index in [2.05, 4.69) is 60.0 Å². The van der Waals surface area contributed by atoms with Gasteiger partial charge in [0.15, 0.2) is 0 Å². The van der Waals surface area contributed by atoms with Crippen LogP contribution in [-0.4, -0.2) is 0 Å². The number of hydrogen-bond acceptors (Lipinski definition) is 2. The molecule has 0 aliphatic heterocycles. The van der Waals surface area contributed by atoms with E-state index in [9.17, 15) is 0 Å². The Morgan fingerprint density at radius 3 is 2.35 bits per heavy atom. The van der Waals surface area contributed by atoms with Crippen molar-refractivity contribution in [3.8, 4) is 0 Å². The molecule has 0 spiro atoms. The molecule has 3 aromatic rings. The molecule has 2 nitrogen and oxygen atoms in total. The second-order valence-electron chi connectivity index (χ2n) is 4.22. The fourth-order valence-electron chi connectivity index (χ4n) is 2.28. The predicted octanol–water partition coefficient (Wildman–Crippen LogP) is 2.96. The van der Waals surface area contributed by atoms with E-state index in [1.807, 2.05) is 0 Å². The average Bonchev–Trinajstić information content (AvgIpc) is 2.39. The summed E-state index contributed by atoms with van der Waals surface area (Å²) in [7, 11) is 0. The van der Waals surface area contributed by atoms with E-state index in [-0.39, 0.29) is 0 Å². The number of hydrazine groups is 1. The summed E-state index contributed by atoms with van der Waals surface area (Å²) < 4.78 is 0. The minimum Gasteiger partial charge on any atom is -0.271 e. The summed E-state index contributed by atoms with van der Waals surface area (Å²) >= 11 is 0. The normalized spacial score (nSPS) is 11.1. The molecule has 0 fully saturated rings. The molecule has 3 rings (SSSR count). The molecular weight excluding hydrogens is 208 g/mol. The van der Waals surface area contributed by atoms with Gasteiger partial charge < -0.3 is 0 Å². The Labute approximate surface area is 100 Å². The molecule has 0 aromatic heterocycles. The molecule has 0 saturated heterocycles. The lowest BCUT2D eigenvalue weighted by atomic mass is 10.00. The third kappa shape index (κ3) is 1.78. The van der Waals surface area contributed by atoms with Crippen molar-refractivity contribution in [1.82, 2.24) is 5.43 Å². The highest BCUT2D eigenvalue weighted by Gasteiger charge is 2.01. The number of nitrogens with two attached hydrogens (primary N) is 1. The van der Waals surface area contributed by atoms with Crippen molar-refractivity contribution >= 4 is 21.5 Å². The zero-order valence-corrected chi connectivity index (χ0v) is 9.48. The van der Waals surface area contributed by atoms with Crippen molar-refractivity contribution in [2.24, 2.45) is 5.84 Å². The number of hydrogen-bond donors (Lipinski definition) is 2. The van der Waals surface area contributed by atoms with Gasteiger partial charge in [0.05, 0.1) is 0 Å². The van der Waals surface area contributed by atoms with E-state index in [1.54, 1.807) is 0 Å². The van der Waals surface area contributed by atoms with Crippen LogP contribution in [0.25, 0.3) is 21.5 Å². The molecule has 0 atom stereocenters. The third-order valence-electron chi connectivity index (χ3n) is 3.12. The van der Waals surface area contributed by atoms with Gasteiger partial charge in [-0.2, -0.15) is 0 Å². The Morgan fingerprint density at radius 1 is 0.824 bits per heavy atom.